The molecule has 2 rings (SSSR count). The standard InChI is InChI=1S/C13H11NO.C8H18N4O2/c15-14-13(11-7-3-1-4-8-11)12-9-5-2-6-10-12;9-7(13)11-5-3-1-2-4-6-12-8(10)14/h1-10,15H;1-6H2,(H3,9,11,13)(H3,10,12,14). The summed E-state index contributed by atoms with van der Waals surface area (Å²) in [5, 5.41) is 17.4. The number of urea groups is 2. The van der Waals surface area contributed by atoms with Gasteiger partial charge in [-0.05, 0) is 12.8 Å². The Morgan fingerprint density at radius 2 is 1.10 bits per heavy atom. The highest BCUT2D eigenvalue weighted by atomic mass is 16.4. The zero-order chi connectivity index (χ0) is 21.3. The van der Waals surface area contributed by atoms with Crippen molar-refractivity contribution in [2.75, 3.05) is 13.1 Å². The minimum Gasteiger partial charge on any atom is -0.410 e. The minimum atomic E-state index is -0.486. The van der Waals surface area contributed by atoms with Crippen molar-refractivity contribution in [2.45, 2.75) is 25.7 Å². The Morgan fingerprint density at radius 1 is 0.724 bits per heavy atom. The van der Waals surface area contributed by atoms with Crippen LogP contribution in [0, 0.1) is 0 Å². The zero-order valence-corrected chi connectivity index (χ0v) is 16.4. The molecule has 29 heavy (non-hydrogen) atoms. The number of unbranched alkanes of at least 4 members (excludes halogenated alkanes) is 3. The van der Waals surface area contributed by atoms with E-state index >= 15 is 0 Å². The average molecular weight is 399 g/mol. The van der Waals surface area contributed by atoms with Crippen molar-refractivity contribution < 1.29 is 14.8 Å². The van der Waals surface area contributed by atoms with Gasteiger partial charge in [-0.1, -0.05) is 78.7 Å². The highest BCUT2D eigenvalue weighted by Gasteiger charge is 2.05. The lowest BCUT2D eigenvalue weighted by molar-refractivity contribution is 0.247. The average Bonchev–Trinajstić information content (AvgIpc) is 2.72. The SMILES string of the molecule is NC(=O)NCCCCCCNC(N)=O.ON=C(c1ccccc1)c1ccccc1. The number of oxime groups is 1. The lowest BCUT2D eigenvalue weighted by atomic mass is 10.0. The van der Waals surface area contributed by atoms with E-state index in [1.807, 2.05) is 60.7 Å². The molecule has 0 spiro atoms. The van der Waals surface area contributed by atoms with Gasteiger partial charge in [0.05, 0.1) is 0 Å². The molecule has 0 atom stereocenters. The normalized spacial score (nSPS) is 9.52. The maximum absolute atomic E-state index is 10.3. The predicted octanol–water partition coefficient (Wildman–Crippen LogP) is 2.80. The number of carbonyl (C=O) groups excluding carboxylic acids is 2. The van der Waals surface area contributed by atoms with Crippen molar-refractivity contribution in [1.29, 1.82) is 0 Å². The molecular weight excluding hydrogens is 370 g/mol. The number of carbonyl (C=O) groups is 2. The summed E-state index contributed by atoms with van der Waals surface area (Å²) in [4.78, 5) is 20.5. The zero-order valence-electron chi connectivity index (χ0n) is 16.4. The summed E-state index contributed by atoms with van der Waals surface area (Å²) >= 11 is 0. The van der Waals surface area contributed by atoms with E-state index in [2.05, 4.69) is 15.8 Å². The maximum atomic E-state index is 10.3. The molecule has 2 aromatic carbocycles. The third kappa shape index (κ3) is 11.0. The first-order valence-corrected chi connectivity index (χ1v) is 9.44. The Balaban J connectivity index is 0.000000291. The Morgan fingerprint density at radius 3 is 1.41 bits per heavy atom. The maximum Gasteiger partial charge on any atom is 0.312 e. The fourth-order valence-corrected chi connectivity index (χ4v) is 2.50. The Bertz CT molecular complexity index is 690. The van der Waals surface area contributed by atoms with Crippen molar-refractivity contribution in [3.8, 4) is 0 Å². The van der Waals surface area contributed by atoms with Gasteiger partial charge in [-0.2, -0.15) is 0 Å². The lowest BCUT2D eigenvalue weighted by Crippen LogP contribution is -2.30. The van der Waals surface area contributed by atoms with Crippen LogP contribution in [0.4, 0.5) is 9.59 Å². The molecule has 0 heterocycles. The van der Waals surface area contributed by atoms with Gasteiger partial charge in [0.2, 0.25) is 0 Å². The van der Waals surface area contributed by atoms with E-state index in [-0.39, 0.29) is 0 Å². The van der Waals surface area contributed by atoms with Gasteiger partial charge in [0.15, 0.2) is 0 Å². The highest BCUT2D eigenvalue weighted by Crippen LogP contribution is 2.09. The molecule has 4 amide bonds. The topological polar surface area (TPSA) is 143 Å². The van der Waals surface area contributed by atoms with Crippen LogP contribution < -0.4 is 22.1 Å². The van der Waals surface area contributed by atoms with Crippen LogP contribution in [0.15, 0.2) is 65.8 Å². The fraction of sp³-hybridized carbons (Fsp3) is 0.286. The van der Waals surface area contributed by atoms with Crippen LogP contribution in [-0.4, -0.2) is 36.1 Å². The number of benzene rings is 2. The van der Waals surface area contributed by atoms with Crippen molar-refractivity contribution in [3.63, 3.8) is 0 Å². The van der Waals surface area contributed by atoms with E-state index in [0.717, 1.165) is 36.8 Å². The van der Waals surface area contributed by atoms with Gasteiger partial charge in [0, 0.05) is 24.2 Å². The molecule has 0 radical (unpaired) electrons. The van der Waals surface area contributed by atoms with E-state index in [9.17, 15) is 9.59 Å². The number of amides is 4. The van der Waals surface area contributed by atoms with Crippen LogP contribution in [0.2, 0.25) is 0 Å². The van der Waals surface area contributed by atoms with Crippen LogP contribution in [0.3, 0.4) is 0 Å². The van der Waals surface area contributed by atoms with Gasteiger partial charge in [-0.25, -0.2) is 9.59 Å². The quantitative estimate of drug-likeness (QED) is 0.191. The molecule has 0 aliphatic carbocycles. The molecule has 7 N–H and O–H groups in total. The Kier molecular flexibility index (Phi) is 11.7. The molecule has 0 saturated heterocycles. The molecule has 0 unspecified atom stereocenters. The van der Waals surface area contributed by atoms with E-state index < -0.39 is 12.1 Å². The summed E-state index contributed by atoms with van der Waals surface area (Å²) in [6.45, 7) is 1.22. The molecular formula is C21H29N5O3. The fourth-order valence-electron chi connectivity index (χ4n) is 2.50. The molecule has 0 aromatic heterocycles. The van der Waals surface area contributed by atoms with E-state index in [4.69, 9.17) is 16.7 Å². The van der Waals surface area contributed by atoms with E-state index in [1.165, 1.54) is 0 Å². The summed E-state index contributed by atoms with van der Waals surface area (Å²) in [6, 6.07) is 18.3. The van der Waals surface area contributed by atoms with Crippen LogP contribution in [0.1, 0.15) is 36.8 Å². The van der Waals surface area contributed by atoms with Crippen molar-refractivity contribution in [3.05, 3.63) is 71.8 Å². The predicted molar refractivity (Wildman–Crippen MR) is 114 cm³/mol. The van der Waals surface area contributed by atoms with Gasteiger partial charge in [0.25, 0.3) is 0 Å². The molecule has 8 nitrogen and oxygen atoms in total. The van der Waals surface area contributed by atoms with Crippen LogP contribution in [-0.2, 0) is 0 Å². The molecule has 156 valence electrons. The summed E-state index contributed by atoms with van der Waals surface area (Å²) in [5.41, 5.74) is 12.2. The largest absolute Gasteiger partial charge is 0.410 e. The summed E-state index contributed by atoms with van der Waals surface area (Å²) in [5.74, 6) is 0. The first-order chi connectivity index (χ1) is 14.0. The van der Waals surface area contributed by atoms with Crippen molar-refractivity contribution in [2.24, 2.45) is 16.6 Å². The van der Waals surface area contributed by atoms with E-state index in [1.54, 1.807) is 0 Å². The van der Waals surface area contributed by atoms with Gasteiger partial charge >= 0.3 is 12.1 Å². The number of nitrogens with two attached hydrogens (primary N) is 2. The number of primary amides is 2. The molecule has 0 bridgehead atoms. The summed E-state index contributed by atoms with van der Waals surface area (Å²) < 4.78 is 0. The summed E-state index contributed by atoms with van der Waals surface area (Å²) in [6.07, 6.45) is 3.81. The van der Waals surface area contributed by atoms with Crippen LogP contribution in [0.25, 0.3) is 0 Å². The third-order valence-corrected chi connectivity index (χ3v) is 3.90. The number of rotatable bonds is 9. The second-order valence-corrected chi connectivity index (χ2v) is 6.18. The van der Waals surface area contributed by atoms with Crippen LogP contribution in [0.5, 0.6) is 0 Å². The number of nitrogens with one attached hydrogen (secondary N) is 2. The monoisotopic (exact) mass is 399 g/mol. The number of hydrogen-bond donors (Lipinski definition) is 5. The second kappa shape index (κ2) is 14.5. The number of nitrogens with zero attached hydrogens (tertiary/aromatic N) is 1. The minimum absolute atomic E-state index is 0.486. The molecule has 0 aliphatic rings. The van der Waals surface area contributed by atoms with Crippen LogP contribution >= 0.6 is 0 Å². The van der Waals surface area contributed by atoms with Crippen molar-refractivity contribution in [1.82, 2.24) is 10.6 Å². The molecule has 0 fully saturated rings. The molecule has 0 aliphatic heterocycles. The van der Waals surface area contributed by atoms with Gasteiger partial charge in [-0.3, -0.25) is 0 Å². The first-order valence-electron chi connectivity index (χ1n) is 9.44. The Labute approximate surface area is 171 Å². The lowest BCUT2D eigenvalue weighted by Gasteiger charge is -2.03. The van der Waals surface area contributed by atoms with Gasteiger partial charge in [0.1, 0.15) is 5.71 Å². The molecule has 0 saturated carbocycles. The number of hydrogen-bond acceptors (Lipinski definition) is 4. The highest BCUT2D eigenvalue weighted by molar-refractivity contribution is 6.12. The third-order valence-electron chi connectivity index (χ3n) is 3.90. The Hall–Kier alpha value is -3.55. The van der Waals surface area contributed by atoms with Gasteiger partial charge < -0.3 is 27.3 Å². The van der Waals surface area contributed by atoms with E-state index in [0.29, 0.717) is 18.8 Å². The summed E-state index contributed by atoms with van der Waals surface area (Å²) in [7, 11) is 0. The van der Waals surface area contributed by atoms with Gasteiger partial charge in [-0.15, -0.1) is 0 Å². The second-order valence-electron chi connectivity index (χ2n) is 6.18. The smallest absolute Gasteiger partial charge is 0.312 e. The molecule has 8 heteroatoms. The molecule has 2 aromatic rings. The first kappa shape index (κ1) is 23.5. The van der Waals surface area contributed by atoms with Crippen molar-refractivity contribution >= 4 is 17.8 Å².